The predicted molar refractivity (Wildman–Crippen MR) is 66.2 cm³/mol. The molecule has 0 aliphatic carbocycles. The van der Waals surface area contributed by atoms with Crippen molar-refractivity contribution in [3.8, 4) is 11.3 Å². The van der Waals surface area contributed by atoms with Crippen LogP contribution in [0.4, 0.5) is 5.69 Å². The van der Waals surface area contributed by atoms with Gasteiger partial charge in [0.05, 0.1) is 16.3 Å². The third-order valence-corrected chi connectivity index (χ3v) is 3.57. The van der Waals surface area contributed by atoms with Gasteiger partial charge in [-0.15, -0.1) is 0 Å². The summed E-state index contributed by atoms with van der Waals surface area (Å²) in [5, 5.41) is 4.21. The van der Waals surface area contributed by atoms with Crippen molar-refractivity contribution in [2.24, 2.45) is 7.05 Å². The molecular formula is C11H13N3O2S. The Balaban J connectivity index is 2.59. The molecule has 0 fully saturated rings. The number of aryl methyl sites for hydroxylation is 1. The van der Waals surface area contributed by atoms with Crippen LogP contribution in [0.25, 0.3) is 11.3 Å². The van der Waals surface area contributed by atoms with Crippen molar-refractivity contribution in [3.63, 3.8) is 0 Å². The third kappa shape index (κ3) is 2.31. The van der Waals surface area contributed by atoms with Crippen molar-refractivity contribution in [1.82, 2.24) is 9.78 Å². The van der Waals surface area contributed by atoms with Crippen molar-refractivity contribution in [3.05, 3.63) is 30.5 Å². The van der Waals surface area contributed by atoms with Gasteiger partial charge in [-0.25, -0.2) is 8.42 Å². The number of nitrogens with two attached hydrogens (primary N) is 1. The zero-order chi connectivity index (χ0) is 12.6. The van der Waals surface area contributed by atoms with Gasteiger partial charge in [-0.1, -0.05) is 6.07 Å². The highest BCUT2D eigenvalue weighted by Crippen LogP contribution is 2.25. The van der Waals surface area contributed by atoms with Crippen LogP contribution in [0.1, 0.15) is 0 Å². The first-order valence-corrected chi connectivity index (χ1v) is 6.86. The zero-order valence-corrected chi connectivity index (χ0v) is 10.4. The minimum absolute atomic E-state index is 0.139. The van der Waals surface area contributed by atoms with E-state index in [1.54, 1.807) is 36.1 Å². The Kier molecular flexibility index (Phi) is 2.66. The summed E-state index contributed by atoms with van der Waals surface area (Å²) in [6.07, 6.45) is 2.94. The summed E-state index contributed by atoms with van der Waals surface area (Å²) in [5.74, 6) is 0. The molecule has 0 aliphatic rings. The molecule has 0 saturated carbocycles. The van der Waals surface area contributed by atoms with Crippen molar-refractivity contribution in [2.45, 2.75) is 4.90 Å². The molecule has 0 radical (unpaired) electrons. The van der Waals surface area contributed by atoms with E-state index in [9.17, 15) is 8.42 Å². The van der Waals surface area contributed by atoms with Gasteiger partial charge in [0, 0.05) is 25.1 Å². The smallest absolute Gasteiger partial charge is 0.177 e. The van der Waals surface area contributed by atoms with E-state index in [1.165, 1.54) is 0 Å². The third-order valence-electron chi connectivity index (χ3n) is 2.42. The topological polar surface area (TPSA) is 78.0 Å². The second kappa shape index (κ2) is 3.89. The highest BCUT2D eigenvalue weighted by Gasteiger charge is 2.13. The molecule has 0 atom stereocenters. The first-order valence-electron chi connectivity index (χ1n) is 4.97. The fraction of sp³-hybridized carbons (Fsp3) is 0.182. The fourth-order valence-corrected chi connectivity index (χ4v) is 2.42. The largest absolute Gasteiger partial charge is 0.398 e. The molecule has 0 spiro atoms. The van der Waals surface area contributed by atoms with Crippen LogP contribution in [0, 0.1) is 0 Å². The summed E-state index contributed by atoms with van der Waals surface area (Å²) in [6, 6.07) is 6.71. The molecule has 0 unspecified atom stereocenters. The van der Waals surface area contributed by atoms with E-state index in [0.717, 1.165) is 17.5 Å². The summed E-state index contributed by atoms with van der Waals surface area (Å²) >= 11 is 0. The molecular weight excluding hydrogens is 238 g/mol. The maximum atomic E-state index is 11.5. The average molecular weight is 251 g/mol. The van der Waals surface area contributed by atoms with Gasteiger partial charge in [0.15, 0.2) is 9.84 Å². The lowest BCUT2D eigenvalue weighted by atomic mass is 10.1. The molecule has 17 heavy (non-hydrogen) atoms. The summed E-state index contributed by atoms with van der Waals surface area (Å²) < 4.78 is 24.7. The number of aromatic nitrogens is 2. The van der Waals surface area contributed by atoms with Crippen LogP contribution >= 0.6 is 0 Å². The molecule has 1 aromatic heterocycles. The summed E-state index contributed by atoms with van der Waals surface area (Å²) in [5.41, 5.74) is 7.37. The van der Waals surface area contributed by atoms with Crippen LogP contribution in [0.15, 0.2) is 35.4 Å². The Bertz CT molecular complexity index is 659. The normalized spacial score (nSPS) is 11.6. The molecule has 0 bridgehead atoms. The van der Waals surface area contributed by atoms with E-state index in [4.69, 9.17) is 5.73 Å². The second-order valence-electron chi connectivity index (χ2n) is 3.90. The molecule has 0 amide bonds. The average Bonchev–Trinajstić information content (AvgIpc) is 2.64. The summed E-state index contributed by atoms with van der Waals surface area (Å²) in [7, 11) is -1.51. The van der Waals surface area contributed by atoms with Crippen molar-refractivity contribution >= 4 is 15.5 Å². The molecule has 2 N–H and O–H groups in total. The number of hydrogen-bond acceptors (Lipinski definition) is 4. The SMILES string of the molecule is Cn1ccc(-c2ccc(N)c(S(C)(=O)=O)c2)n1. The van der Waals surface area contributed by atoms with Gasteiger partial charge in [0.1, 0.15) is 0 Å². The monoisotopic (exact) mass is 251 g/mol. The molecule has 5 nitrogen and oxygen atoms in total. The van der Waals surface area contributed by atoms with E-state index < -0.39 is 9.84 Å². The Morgan fingerprint density at radius 1 is 1.29 bits per heavy atom. The standard InChI is InChI=1S/C11H13N3O2S/c1-14-6-5-10(13-14)8-3-4-9(12)11(7-8)17(2,15)16/h3-7H,12H2,1-2H3. The minimum Gasteiger partial charge on any atom is -0.398 e. The summed E-state index contributed by atoms with van der Waals surface area (Å²) in [4.78, 5) is 0.139. The first-order chi connectivity index (χ1) is 7.88. The molecule has 2 rings (SSSR count). The van der Waals surface area contributed by atoms with Crippen LogP contribution < -0.4 is 5.73 Å². The van der Waals surface area contributed by atoms with E-state index >= 15 is 0 Å². The van der Waals surface area contributed by atoms with Gasteiger partial charge in [0.25, 0.3) is 0 Å². The van der Waals surface area contributed by atoms with Crippen molar-refractivity contribution in [2.75, 3.05) is 12.0 Å². The van der Waals surface area contributed by atoms with Crippen LogP contribution in [-0.2, 0) is 16.9 Å². The lowest BCUT2D eigenvalue weighted by Gasteiger charge is -2.05. The highest BCUT2D eigenvalue weighted by atomic mass is 32.2. The van der Waals surface area contributed by atoms with Gasteiger partial charge in [0.2, 0.25) is 0 Å². The molecule has 0 saturated heterocycles. The number of rotatable bonds is 2. The molecule has 6 heteroatoms. The molecule has 1 heterocycles. The van der Waals surface area contributed by atoms with Gasteiger partial charge < -0.3 is 5.73 Å². The minimum atomic E-state index is -3.32. The van der Waals surface area contributed by atoms with Crippen LogP contribution in [0.5, 0.6) is 0 Å². The van der Waals surface area contributed by atoms with E-state index in [-0.39, 0.29) is 10.6 Å². The van der Waals surface area contributed by atoms with Gasteiger partial charge in [-0.3, -0.25) is 4.68 Å². The Morgan fingerprint density at radius 3 is 2.53 bits per heavy atom. The first kappa shape index (κ1) is 11.7. The van der Waals surface area contributed by atoms with Gasteiger partial charge >= 0.3 is 0 Å². The Morgan fingerprint density at radius 2 is 2.00 bits per heavy atom. The number of nitrogen functional groups attached to an aromatic ring is 1. The maximum absolute atomic E-state index is 11.5. The maximum Gasteiger partial charge on any atom is 0.177 e. The number of benzene rings is 1. The number of hydrogen-bond donors (Lipinski definition) is 1. The van der Waals surface area contributed by atoms with Crippen LogP contribution in [0.3, 0.4) is 0 Å². The van der Waals surface area contributed by atoms with Crippen LogP contribution in [0.2, 0.25) is 0 Å². The zero-order valence-electron chi connectivity index (χ0n) is 9.58. The number of sulfone groups is 1. The fourth-order valence-electron chi connectivity index (χ4n) is 1.58. The number of anilines is 1. The van der Waals surface area contributed by atoms with E-state index in [1.807, 2.05) is 6.07 Å². The lowest BCUT2D eigenvalue weighted by molar-refractivity contribution is 0.602. The van der Waals surface area contributed by atoms with E-state index in [2.05, 4.69) is 5.10 Å². The van der Waals surface area contributed by atoms with Gasteiger partial charge in [-0.05, 0) is 18.2 Å². The van der Waals surface area contributed by atoms with Crippen LogP contribution in [-0.4, -0.2) is 24.5 Å². The molecule has 0 aliphatic heterocycles. The van der Waals surface area contributed by atoms with Gasteiger partial charge in [-0.2, -0.15) is 5.10 Å². The lowest BCUT2D eigenvalue weighted by Crippen LogP contribution is -2.02. The summed E-state index contributed by atoms with van der Waals surface area (Å²) in [6.45, 7) is 0. The predicted octanol–water partition coefficient (Wildman–Crippen LogP) is 1.07. The van der Waals surface area contributed by atoms with Crippen molar-refractivity contribution in [1.29, 1.82) is 0 Å². The Hall–Kier alpha value is -1.82. The number of nitrogens with zero attached hydrogens (tertiary/aromatic N) is 2. The molecule has 2 aromatic rings. The van der Waals surface area contributed by atoms with E-state index in [0.29, 0.717) is 0 Å². The van der Waals surface area contributed by atoms with Crippen molar-refractivity contribution < 1.29 is 8.42 Å². The second-order valence-corrected chi connectivity index (χ2v) is 5.88. The highest BCUT2D eigenvalue weighted by molar-refractivity contribution is 7.90. The molecule has 90 valence electrons. The molecule has 1 aromatic carbocycles. The quantitative estimate of drug-likeness (QED) is 0.810. The Labute approximate surface area is 99.8 Å².